The average molecular weight is 435 g/mol. The molecule has 6 nitrogen and oxygen atoms in total. The molecule has 0 aromatic carbocycles. The Hall–Kier alpha value is -1.86. The summed E-state index contributed by atoms with van der Waals surface area (Å²) in [5, 5.41) is 23.0. The summed E-state index contributed by atoms with van der Waals surface area (Å²) in [7, 11) is 0. The number of ketones is 2. The summed E-state index contributed by atoms with van der Waals surface area (Å²) in [6.07, 6.45) is 5.63. The van der Waals surface area contributed by atoms with Crippen molar-refractivity contribution >= 4 is 17.5 Å². The first-order valence-electron chi connectivity index (χ1n) is 11.0. The van der Waals surface area contributed by atoms with Crippen LogP contribution in [0.1, 0.15) is 52.9 Å². The summed E-state index contributed by atoms with van der Waals surface area (Å²) in [5.74, 6) is -1.74. The van der Waals surface area contributed by atoms with E-state index in [2.05, 4.69) is 0 Å². The number of aliphatic hydroxyl groups excluding tert-OH is 1. The van der Waals surface area contributed by atoms with Crippen LogP contribution in [0.5, 0.6) is 0 Å². The second kappa shape index (κ2) is 7.07. The van der Waals surface area contributed by atoms with Crippen LogP contribution in [0.4, 0.5) is 4.39 Å². The molecule has 0 radical (unpaired) electrons. The lowest BCUT2D eigenvalue weighted by Crippen LogP contribution is -2.68. The SMILES string of the molecule is CC(=O)OCC(=O)[C@@]1(O)CC[C@H]2[C@@H]3CCC4=CC(=O)C=C[C@]4(C)[C@@]3(CF)C(O)C[C@@]21C. The van der Waals surface area contributed by atoms with Crippen LogP contribution in [0, 0.1) is 28.1 Å². The molecular formula is C24H31FO6. The highest BCUT2D eigenvalue weighted by atomic mass is 19.1. The molecule has 0 aromatic heterocycles. The minimum absolute atomic E-state index is 0.0606. The van der Waals surface area contributed by atoms with E-state index in [4.69, 9.17) is 4.74 Å². The lowest BCUT2D eigenvalue weighted by molar-refractivity contribution is -0.216. The maximum absolute atomic E-state index is 15.0. The van der Waals surface area contributed by atoms with Gasteiger partial charge in [-0.05, 0) is 56.1 Å². The quantitative estimate of drug-likeness (QED) is 0.660. The molecule has 4 aliphatic carbocycles. The van der Waals surface area contributed by atoms with Crippen molar-refractivity contribution in [2.75, 3.05) is 13.3 Å². The molecular weight excluding hydrogens is 403 g/mol. The third-order valence-corrected chi connectivity index (χ3v) is 9.28. The molecule has 170 valence electrons. The molecule has 0 spiro atoms. The molecule has 3 fully saturated rings. The van der Waals surface area contributed by atoms with E-state index in [1.165, 1.54) is 13.0 Å². The summed E-state index contributed by atoms with van der Waals surface area (Å²) in [4.78, 5) is 36.1. The van der Waals surface area contributed by atoms with Crippen LogP contribution in [0.25, 0.3) is 0 Å². The standard InChI is InChI=1S/C24H31FO6/c1-14(26)31-12-20(29)24(30)9-7-17-18-5-4-15-10-16(27)6-8-21(15,2)23(18,13-25)19(28)11-22(17,24)3/h6,8,10,17-19,28,30H,4-5,7,9,11-13H2,1-3H3/t17-,18-,19?,21-,22-,23+,24-/m0/s1. The first-order chi connectivity index (χ1) is 14.5. The number of hydrogen-bond donors (Lipinski definition) is 2. The van der Waals surface area contributed by atoms with Crippen molar-refractivity contribution in [3.63, 3.8) is 0 Å². The average Bonchev–Trinajstić information content (AvgIpc) is 2.97. The summed E-state index contributed by atoms with van der Waals surface area (Å²) >= 11 is 0. The molecule has 0 aromatic rings. The molecule has 7 atom stereocenters. The molecule has 1 unspecified atom stereocenters. The van der Waals surface area contributed by atoms with Crippen LogP contribution < -0.4 is 0 Å². The van der Waals surface area contributed by atoms with Crippen LogP contribution in [0.2, 0.25) is 0 Å². The Morgan fingerprint density at radius 1 is 1.26 bits per heavy atom. The molecule has 0 bridgehead atoms. The Bertz CT molecular complexity index is 895. The lowest BCUT2D eigenvalue weighted by Gasteiger charge is -2.65. The summed E-state index contributed by atoms with van der Waals surface area (Å²) in [6.45, 7) is 3.63. The second-order valence-electron chi connectivity index (χ2n) is 10.3. The molecule has 0 amide bonds. The molecule has 7 heteroatoms. The minimum atomic E-state index is -1.74. The number of ether oxygens (including phenoxy) is 1. The number of carbonyl (C=O) groups excluding carboxylic acids is 3. The van der Waals surface area contributed by atoms with Crippen molar-refractivity contribution in [1.82, 2.24) is 0 Å². The molecule has 2 N–H and O–H groups in total. The van der Waals surface area contributed by atoms with Crippen molar-refractivity contribution in [3.8, 4) is 0 Å². The van der Waals surface area contributed by atoms with Gasteiger partial charge in [0.15, 0.2) is 12.4 Å². The predicted molar refractivity (Wildman–Crippen MR) is 110 cm³/mol. The van der Waals surface area contributed by atoms with Crippen molar-refractivity contribution in [1.29, 1.82) is 0 Å². The summed E-state index contributed by atoms with van der Waals surface area (Å²) in [6, 6.07) is 0. The zero-order valence-electron chi connectivity index (χ0n) is 18.3. The Morgan fingerprint density at radius 3 is 2.61 bits per heavy atom. The fraction of sp³-hybridized carbons (Fsp3) is 0.708. The van der Waals surface area contributed by atoms with E-state index in [0.29, 0.717) is 19.3 Å². The largest absolute Gasteiger partial charge is 0.458 e. The van der Waals surface area contributed by atoms with Gasteiger partial charge in [-0.25, -0.2) is 0 Å². The van der Waals surface area contributed by atoms with Gasteiger partial charge in [0.25, 0.3) is 0 Å². The molecule has 3 saturated carbocycles. The van der Waals surface area contributed by atoms with Gasteiger partial charge in [-0.2, -0.15) is 0 Å². The number of rotatable bonds is 4. The molecule has 4 rings (SSSR count). The zero-order valence-corrected chi connectivity index (χ0v) is 18.3. The number of aliphatic hydroxyl groups is 2. The van der Waals surface area contributed by atoms with E-state index in [1.54, 1.807) is 19.1 Å². The number of halogens is 1. The molecule has 0 heterocycles. The van der Waals surface area contributed by atoms with Gasteiger partial charge in [-0.3, -0.25) is 18.8 Å². The monoisotopic (exact) mass is 434 g/mol. The Labute approximate surface area is 181 Å². The summed E-state index contributed by atoms with van der Waals surface area (Å²) in [5.41, 5.74) is -3.79. The number of hydrogen-bond acceptors (Lipinski definition) is 6. The van der Waals surface area contributed by atoms with Crippen LogP contribution >= 0.6 is 0 Å². The lowest BCUT2D eigenvalue weighted by atomic mass is 9.39. The molecule has 4 aliphatic rings. The number of Topliss-reactive ketones (excluding diaryl/α,β-unsaturated/α-hetero) is 1. The highest BCUT2D eigenvalue weighted by molar-refractivity contribution is 6.01. The molecule has 0 aliphatic heterocycles. The molecule has 0 saturated heterocycles. The zero-order chi connectivity index (χ0) is 22.8. The fourth-order valence-corrected chi connectivity index (χ4v) is 7.51. The molecule has 31 heavy (non-hydrogen) atoms. The Kier molecular flexibility index (Phi) is 5.10. The number of esters is 1. The Morgan fingerprint density at radius 2 is 1.97 bits per heavy atom. The maximum Gasteiger partial charge on any atom is 0.303 e. The highest BCUT2D eigenvalue weighted by Gasteiger charge is 2.73. The van der Waals surface area contributed by atoms with Crippen molar-refractivity contribution < 1.29 is 33.7 Å². The van der Waals surface area contributed by atoms with Crippen molar-refractivity contribution in [3.05, 3.63) is 23.8 Å². The normalized spacial score (nSPS) is 45.9. The third kappa shape index (κ3) is 2.72. The van der Waals surface area contributed by atoms with Gasteiger partial charge >= 0.3 is 5.97 Å². The smallest absolute Gasteiger partial charge is 0.303 e. The van der Waals surface area contributed by atoms with E-state index >= 15 is 4.39 Å². The first kappa shape index (κ1) is 22.3. The number of allylic oxidation sites excluding steroid dienone is 4. The van der Waals surface area contributed by atoms with Crippen molar-refractivity contribution in [2.24, 2.45) is 28.1 Å². The van der Waals surface area contributed by atoms with Crippen LogP contribution in [-0.4, -0.2) is 52.7 Å². The highest BCUT2D eigenvalue weighted by Crippen LogP contribution is 2.72. The van der Waals surface area contributed by atoms with Crippen LogP contribution in [0.15, 0.2) is 23.8 Å². The third-order valence-electron chi connectivity index (χ3n) is 9.28. The number of alkyl halides is 1. The van der Waals surface area contributed by atoms with Gasteiger partial charge in [0, 0.05) is 23.2 Å². The Balaban J connectivity index is 1.75. The number of fused-ring (bicyclic) bond motifs is 5. The van der Waals surface area contributed by atoms with Crippen molar-refractivity contribution in [2.45, 2.75) is 64.6 Å². The van der Waals surface area contributed by atoms with E-state index in [1.807, 2.05) is 6.92 Å². The van der Waals surface area contributed by atoms with E-state index in [0.717, 1.165) is 5.57 Å². The predicted octanol–water partition coefficient (Wildman–Crippen LogP) is 2.47. The van der Waals surface area contributed by atoms with Gasteiger partial charge < -0.3 is 14.9 Å². The maximum atomic E-state index is 15.0. The van der Waals surface area contributed by atoms with Gasteiger partial charge in [0.2, 0.25) is 5.78 Å². The van der Waals surface area contributed by atoms with E-state index in [9.17, 15) is 24.6 Å². The van der Waals surface area contributed by atoms with E-state index < -0.39 is 53.0 Å². The van der Waals surface area contributed by atoms with Gasteiger partial charge in [0.05, 0.1) is 12.8 Å². The topological polar surface area (TPSA) is 101 Å². The van der Waals surface area contributed by atoms with Crippen LogP contribution in [-0.2, 0) is 19.1 Å². The fourth-order valence-electron chi connectivity index (χ4n) is 7.51. The van der Waals surface area contributed by atoms with Gasteiger partial charge in [-0.15, -0.1) is 0 Å². The van der Waals surface area contributed by atoms with Crippen LogP contribution in [0.3, 0.4) is 0 Å². The first-order valence-corrected chi connectivity index (χ1v) is 11.0. The van der Waals surface area contributed by atoms with Gasteiger partial charge in [0.1, 0.15) is 5.60 Å². The van der Waals surface area contributed by atoms with Gasteiger partial charge in [-0.1, -0.05) is 25.5 Å². The minimum Gasteiger partial charge on any atom is -0.458 e. The number of carbonyl (C=O) groups is 3. The second-order valence-corrected chi connectivity index (χ2v) is 10.3. The summed E-state index contributed by atoms with van der Waals surface area (Å²) < 4.78 is 19.9. The van der Waals surface area contributed by atoms with E-state index in [-0.39, 0.29) is 30.5 Å².